The van der Waals surface area contributed by atoms with Gasteiger partial charge in [0, 0.05) is 12.7 Å². The molecule has 0 radical (unpaired) electrons. The van der Waals surface area contributed by atoms with Crippen molar-refractivity contribution in [1.29, 1.82) is 0 Å². The Kier molecular flexibility index (Phi) is 8.43. The molecule has 3 rings (SSSR count). The number of rotatable bonds is 6. The second-order valence-electron chi connectivity index (χ2n) is 6.22. The number of hydrogen-bond donors (Lipinski definition) is 2. The molecule has 0 atom stereocenters. The van der Waals surface area contributed by atoms with Gasteiger partial charge in [-0.1, -0.05) is 30.3 Å². The maximum atomic E-state index is 13.4. The Bertz CT molecular complexity index is 908. The van der Waals surface area contributed by atoms with Crippen molar-refractivity contribution in [2.45, 2.75) is 26.9 Å². The van der Waals surface area contributed by atoms with Crippen molar-refractivity contribution < 1.29 is 4.39 Å². The van der Waals surface area contributed by atoms with E-state index in [0.717, 1.165) is 23.5 Å². The minimum atomic E-state index is -0.193. The second-order valence-corrected chi connectivity index (χ2v) is 6.22. The monoisotopic (exact) mass is 493 g/mol. The number of nitrogens with one attached hydrogen (secondary N) is 2. The number of aryl methyl sites for hydroxylation is 1. The number of nitrogens with zero attached hydrogens (tertiary/aromatic N) is 3. The molecule has 7 heteroatoms. The largest absolute Gasteiger partial charge is 0.357 e. The molecule has 1 heterocycles. The Balaban J connectivity index is 0.00000280. The first-order valence-corrected chi connectivity index (χ1v) is 9.03. The predicted molar refractivity (Wildman–Crippen MR) is 122 cm³/mol. The molecule has 0 bridgehead atoms. The van der Waals surface area contributed by atoms with Gasteiger partial charge in [-0.3, -0.25) is 0 Å². The number of aromatic nitrogens is 2. The number of hydrogen-bond acceptors (Lipinski definition) is 2. The lowest BCUT2D eigenvalue weighted by atomic mass is 10.1. The minimum Gasteiger partial charge on any atom is -0.357 e. The molecule has 28 heavy (non-hydrogen) atoms. The fourth-order valence-corrected chi connectivity index (χ4v) is 2.67. The van der Waals surface area contributed by atoms with E-state index in [0.29, 0.717) is 24.6 Å². The van der Waals surface area contributed by atoms with Gasteiger partial charge in [0.25, 0.3) is 0 Å². The van der Waals surface area contributed by atoms with Crippen LogP contribution in [0.5, 0.6) is 0 Å². The Hall–Kier alpha value is -2.42. The Morgan fingerprint density at radius 1 is 1.11 bits per heavy atom. The van der Waals surface area contributed by atoms with Crippen molar-refractivity contribution in [3.8, 4) is 5.69 Å². The van der Waals surface area contributed by atoms with Crippen LogP contribution >= 0.6 is 24.0 Å². The summed E-state index contributed by atoms with van der Waals surface area (Å²) in [6, 6.07) is 17.0. The Labute approximate surface area is 182 Å². The van der Waals surface area contributed by atoms with Crippen molar-refractivity contribution in [3.63, 3.8) is 0 Å². The third-order valence-electron chi connectivity index (χ3n) is 4.09. The van der Waals surface area contributed by atoms with Gasteiger partial charge >= 0.3 is 0 Å². The summed E-state index contributed by atoms with van der Waals surface area (Å²) < 4.78 is 15.2. The zero-order valence-electron chi connectivity index (χ0n) is 16.0. The lowest BCUT2D eigenvalue weighted by Gasteiger charge is -2.10. The molecular formula is C21H25FIN5. The average Bonchev–Trinajstić information content (AvgIpc) is 3.16. The Morgan fingerprint density at radius 2 is 1.89 bits per heavy atom. The van der Waals surface area contributed by atoms with Gasteiger partial charge < -0.3 is 10.6 Å². The minimum absolute atomic E-state index is 0. The standard InChI is InChI=1S/C21H24FN5.HI/c1-3-23-21(24-14-17-9-10-20(22)16(2)13-17)25-15-18-11-12-27(26-18)19-7-5-4-6-8-19;/h4-13H,3,14-15H2,1-2H3,(H2,23,24,25);1H. The topological polar surface area (TPSA) is 54.2 Å². The molecule has 1 aromatic heterocycles. The molecule has 148 valence electrons. The fourth-order valence-electron chi connectivity index (χ4n) is 2.67. The van der Waals surface area contributed by atoms with E-state index < -0.39 is 0 Å². The maximum Gasteiger partial charge on any atom is 0.191 e. The number of halogens is 2. The van der Waals surface area contributed by atoms with Gasteiger partial charge in [-0.15, -0.1) is 24.0 Å². The number of aliphatic imine (C=N–C) groups is 1. The van der Waals surface area contributed by atoms with E-state index in [4.69, 9.17) is 0 Å². The van der Waals surface area contributed by atoms with Gasteiger partial charge in [0.05, 0.1) is 24.5 Å². The molecule has 0 fully saturated rings. The normalized spacial score (nSPS) is 11.0. The quantitative estimate of drug-likeness (QED) is 0.308. The first-order valence-electron chi connectivity index (χ1n) is 9.03. The average molecular weight is 493 g/mol. The lowest BCUT2D eigenvalue weighted by Crippen LogP contribution is -2.36. The van der Waals surface area contributed by atoms with E-state index in [9.17, 15) is 4.39 Å². The molecule has 5 nitrogen and oxygen atoms in total. The van der Waals surface area contributed by atoms with Crippen LogP contribution in [0, 0.1) is 12.7 Å². The zero-order valence-corrected chi connectivity index (χ0v) is 18.4. The summed E-state index contributed by atoms with van der Waals surface area (Å²) >= 11 is 0. The summed E-state index contributed by atoms with van der Waals surface area (Å²) in [5.41, 5.74) is 3.55. The van der Waals surface area contributed by atoms with E-state index in [1.54, 1.807) is 13.0 Å². The van der Waals surface area contributed by atoms with E-state index in [1.807, 2.05) is 60.3 Å². The van der Waals surface area contributed by atoms with Crippen LogP contribution in [0.2, 0.25) is 0 Å². The highest BCUT2D eigenvalue weighted by Crippen LogP contribution is 2.10. The Morgan fingerprint density at radius 3 is 2.61 bits per heavy atom. The molecule has 0 aliphatic rings. The molecule has 2 aromatic carbocycles. The van der Waals surface area contributed by atoms with Gasteiger partial charge in [-0.05, 0) is 49.2 Å². The van der Waals surface area contributed by atoms with E-state index in [1.165, 1.54) is 6.07 Å². The SMILES string of the molecule is CCNC(=NCc1ccc(F)c(C)c1)NCc1ccn(-c2ccccc2)n1.I. The van der Waals surface area contributed by atoms with Gasteiger partial charge in [0.1, 0.15) is 5.82 Å². The summed E-state index contributed by atoms with van der Waals surface area (Å²) in [4.78, 5) is 4.57. The van der Waals surface area contributed by atoms with Gasteiger partial charge in [-0.2, -0.15) is 5.10 Å². The van der Waals surface area contributed by atoms with Gasteiger partial charge in [0.2, 0.25) is 0 Å². The summed E-state index contributed by atoms with van der Waals surface area (Å²) in [7, 11) is 0. The molecule has 0 saturated heterocycles. The van der Waals surface area contributed by atoms with Crippen LogP contribution in [0.15, 0.2) is 65.8 Å². The predicted octanol–water partition coefficient (Wildman–Crippen LogP) is 4.19. The van der Waals surface area contributed by atoms with Crippen LogP contribution in [0.4, 0.5) is 4.39 Å². The first kappa shape index (κ1) is 21.9. The fraction of sp³-hybridized carbons (Fsp3) is 0.238. The van der Waals surface area contributed by atoms with Gasteiger partial charge in [-0.25, -0.2) is 14.1 Å². The molecule has 0 amide bonds. The molecular weight excluding hydrogens is 468 g/mol. The number of guanidine groups is 1. The van der Waals surface area contributed by atoms with Crippen molar-refractivity contribution in [3.05, 3.63) is 83.4 Å². The van der Waals surface area contributed by atoms with Crippen LogP contribution in [-0.2, 0) is 13.1 Å². The third-order valence-corrected chi connectivity index (χ3v) is 4.09. The van der Waals surface area contributed by atoms with Crippen molar-refractivity contribution in [2.24, 2.45) is 4.99 Å². The number of benzene rings is 2. The van der Waals surface area contributed by atoms with Crippen LogP contribution in [-0.4, -0.2) is 22.3 Å². The molecule has 0 aliphatic heterocycles. The highest BCUT2D eigenvalue weighted by molar-refractivity contribution is 14.0. The molecule has 0 unspecified atom stereocenters. The first-order chi connectivity index (χ1) is 13.2. The third kappa shape index (κ3) is 6.05. The van der Waals surface area contributed by atoms with Crippen molar-refractivity contribution in [1.82, 2.24) is 20.4 Å². The van der Waals surface area contributed by atoms with Crippen molar-refractivity contribution >= 4 is 29.9 Å². The summed E-state index contributed by atoms with van der Waals surface area (Å²) in [6.07, 6.45) is 1.94. The van der Waals surface area contributed by atoms with E-state index >= 15 is 0 Å². The molecule has 3 aromatic rings. The summed E-state index contributed by atoms with van der Waals surface area (Å²) in [6.45, 7) is 5.58. The zero-order chi connectivity index (χ0) is 19.1. The van der Waals surface area contributed by atoms with Crippen LogP contribution in [0.3, 0.4) is 0 Å². The highest BCUT2D eigenvalue weighted by atomic mass is 127. The van der Waals surface area contributed by atoms with Crippen molar-refractivity contribution in [2.75, 3.05) is 6.54 Å². The van der Waals surface area contributed by atoms with E-state index in [2.05, 4.69) is 20.7 Å². The molecule has 0 saturated carbocycles. The molecule has 0 spiro atoms. The van der Waals surface area contributed by atoms with Crippen LogP contribution in [0.1, 0.15) is 23.7 Å². The second kappa shape index (κ2) is 10.8. The van der Waals surface area contributed by atoms with Gasteiger partial charge in [0.15, 0.2) is 5.96 Å². The maximum absolute atomic E-state index is 13.4. The van der Waals surface area contributed by atoms with Crippen LogP contribution < -0.4 is 10.6 Å². The highest BCUT2D eigenvalue weighted by Gasteiger charge is 2.04. The van der Waals surface area contributed by atoms with Crippen LogP contribution in [0.25, 0.3) is 5.69 Å². The molecule has 0 aliphatic carbocycles. The lowest BCUT2D eigenvalue weighted by molar-refractivity contribution is 0.617. The summed E-state index contributed by atoms with van der Waals surface area (Å²) in [5, 5.41) is 11.1. The smallest absolute Gasteiger partial charge is 0.191 e. The molecule has 2 N–H and O–H groups in total. The number of para-hydroxylation sites is 1. The summed E-state index contributed by atoms with van der Waals surface area (Å²) in [5.74, 6) is 0.510. The van der Waals surface area contributed by atoms with E-state index in [-0.39, 0.29) is 29.8 Å².